The Bertz CT molecular complexity index is 714. The van der Waals surface area contributed by atoms with Crippen molar-refractivity contribution in [2.24, 2.45) is 0 Å². The largest absolute Gasteiger partial charge is 0.291 e. The number of hydrogen-bond donors (Lipinski definition) is 0. The Kier molecular flexibility index (Phi) is 4.67. The molecule has 0 aliphatic carbocycles. The molecule has 0 unspecified atom stereocenters. The Balaban J connectivity index is 2.10. The molecule has 0 saturated heterocycles. The number of rotatable bonds is 5. The summed E-state index contributed by atoms with van der Waals surface area (Å²) in [6, 6.07) is 13.6. The molecule has 0 aliphatic heterocycles. The average Bonchev–Trinajstić information content (AvgIpc) is 2.38. The van der Waals surface area contributed by atoms with Gasteiger partial charge in [-0.3, -0.25) is 4.79 Å². The highest BCUT2D eigenvalue weighted by molar-refractivity contribution is 9.10. The van der Waals surface area contributed by atoms with Crippen molar-refractivity contribution >= 4 is 31.6 Å². The van der Waals surface area contributed by atoms with E-state index in [0.717, 1.165) is 0 Å². The molecule has 4 nitrogen and oxygen atoms in total. The Morgan fingerprint density at radius 1 is 1.05 bits per heavy atom. The van der Waals surface area contributed by atoms with Gasteiger partial charge in [-0.25, -0.2) is 13.4 Å². The summed E-state index contributed by atoms with van der Waals surface area (Å²) < 4.78 is 24.5. The molecule has 0 amide bonds. The molecule has 0 N–H and O–H groups in total. The molecule has 1 heterocycles. The van der Waals surface area contributed by atoms with E-state index in [2.05, 4.69) is 20.9 Å². The smallest absolute Gasteiger partial charge is 0.196 e. The number of nitrogens with zero attached hydrogens (tertiary/aromatic N) is 1. The van der Waals surface area contributed by atoms with E-state index in [1.165, 1.54) is 6.07 Å². The molecule has 2 aromatic rings. The fourth-order valence-corrected chi connectivity index (χ4v) is 3.41. The first-order chi connectivity index (χ1) is 9.46. The maximum absolute atomic E-state index is 12.0. The number of pyridine rings is 1. The summed E-state index contributed by atoms with van der Waals surface area (Å²) in [6.45, 7) is 0. The third-order valence-electron chi connectivity index (χ3n) is 2.58. The normalized spacial score (nSPS) is 11.2. The summed E-state index contributed by atoms with van der Waals surface area (Å²) in [5, 5.41) is 0. The summed E-state index contributed by atoms with van der Waals surface area (Å²) in [5.41, 5.74) is 0.818. The standard InChI is InChI=1S/C14H12BrNO3S/c15-14-8-4-7-12(16-14)13(17)10-20(18,19)9-11-5-2-1-3-6-11/h1-8H,9-10H2. The number of hydrogen-bond acceptors (Lipinski definition) is 4. The Labute approximate surface area is 125 Å². The third-order valence-corrected chi connectivity index (χ3v) is 4.50. The van der Waals surface area contributed by atoms with Crippen LogP contribution in [0.5, 0.6) is 0 Å². The maximum atomic E-state index is 12.0. The molecule has 0 saturated carbocycles. The summed E-state index contributed by atoms with van der Waals surface area (Å²) in [7, 11) is -3.50. The fraction of sp³-hybridized carbons (Fsp3) is 0.143. The van der Waals surface area contributed by atoms with E-state index in [1.807, 2.05) is 6.07 Å². The molecule has 104 valence electrons. The van der Waals surface area contributed by atoms with Gasteiger partial charge in [-0.1, -0.05) is 36.4 Å². The van der Waals surface area contributed by atoms with Crippen LogP contribution in [0.2, 0.25) is 0 Å². The quantitative estimate of drug-likeness (QED) is 0.612. The van der Waals surface area contributed by atoms with Crippen LogP contribution in [0, 0.1) is 0 Å². The van der Waals surface area contributed by atoms with Crippen molar-refractivity contribution in [2.75, 3.05) is 5.75 Å². The Morgan fingerprint density at radius 3 is 2.40 bits per heavy atom. The van der Waals surface area contributed by atoms with E-state index in [-0.39, 0.29) is 11.4 Å². The van der Waals surface area contributed by atoms with Crippen LogP contribution in [-0.2, 0) is 15.6 Å². The molecule has 2 rings (SSSR count). The zero-order valence-electron chi connectivity index (χ0n) is 10.5. The van der Waals surface area contributed by atoms with Crippen molar-refractivity contribution in [3.05, 3.63) is 64.4 Å². The molecular formula is C14H12BrNO3S. The van der Waals surface area contributed by atoms with Crippen molar-refractivity contribution in [3.8, 4) is 0 Å². The second kappa shape index (κ2) is 6.28. The number of halogens is 1. The van der Waals surface area contributed by atoms with Crippen LogP contribution in [-0.4, -0.2) is 24.9 Å². The molecule has 0 spiro atoms. The van der Waals surface area contributed by atoms with Crippen LogP contribution in [0.15, 0.2) is 53.1 Å². The third kappa shape index (κ3) is 4.25. The van der Waals surface area contributed by atoms with Crippen LogP contribution in [0.1, 0.15) is 16.1 Å². The summed E-state index contributed by atoms with van der Waals surface area (Å²) in [6.07, 6.45) is 0. The Morgan fingerprint density at radius 2 is 1.75 bits per heavy atom. The zero-order valence-corrected chi connectivity index (χ0v) is 12.9. The summed E-state index contributed by atoms with van der Waals surface area (Å²) >= 11 is 3.15. The number of aromatic nitrogens is 1. The van der Waals surface area contributed by atoms with E-state index < -0.39 is 21.4 Å². The molecule has 0 atom stereocenters. The van der Waals surface area contributed by atoms with Gasteiger partial charge in [0, 0.05) is 0 Å². The van der Waals surface area contributed by atoms with Crippen molar-refractivity contribution < 1.29 is 13.2 Å². The molecule has 20 heavy (non-hydrogen) atoms. The first kappa shape index (κ1) is 14.9. The minimum atomic E-state index is -3.50. The number of ketones is 1. The number of carbonyl (C=O) groups excluding carboxylic acids is 1. The number of Topliss-reactive ketones (excluding diaryl/α,β-unsaturated/α-hetero) is 1. The van der Waals surface area contributed by atoms with Crippen molar-refractivity contribution in [1.29, 1.82) is 0 Å². The lowest BCUT2D eigenvalue weighted by Gasteiger charge is -2.04. The van der Waals surface area contributed by atoms with E-state index >= 15 is 0 Å². The SMILES string of the molecule is O=C(CS(=O)(=O)Cc1ccccc1)c1cccc(Br)n1. The molecule has 1 aromatic carbocycles. The lowest BCUT2D eigenvalue weighted by molar-refractivity contribution is 0.101. The highest BCUT2D eigenvalue weighted by Gasteiger charge is 2.19. The van der Waals surface area contributed by atoms with Crippen molar-refractivity contribution in [1.82, 2.24) is 4.98 Å². The van der Waals surface area contributed by atoms with Crippen molar-refractivity contribution in [2.45, 2.75) is 5.75 Å². The van der Waals surface area contributed by atoms with Gasteiger partial charge in [-0.2, -0.15) is 0 Å². The average molecular weight is 354 g/mol. The van der Waals surface area contributed by atoms with Crippen LogP contribution in [0.4, 0.5) is 0 Å². The van der Waals surface area contributed by atoms with Gasteiger partial charge in [0.1, 0.15) is 16.0 Å². The predicted molar refractivity (Wildman–Crippen MR) is 80.2 cm³/mol. The topological polar surface area (TPSA) is 64.1 Å². The second-order valence-electron chi connectivity index (χ2n) is 4.29. The van der Waals surface area contributed by atoms with Gasteiger partial charge in [-0.05, 0) is 33.6 Å². The fourth-order valence-electron chi connectivity index (χ4n) is 1.72. The van der Waals surface area contributed by atoms with Gasteiger partial charge in [0.2, 0.25) is 0 Å². The maximum Gasteiger partial charge on any atom is 0.196 e. The van der Waals surface area contributed by atoms with E-state index in [0.29, 0.717) is 10.2 Å². The molecule has 0 radical (unpaired) electrons. The number of benzene rings is 1. The number of carbonyl (C=O) groups is 1. The lowest BCUT2D eigenvalue weighted by Crippen LogP contribution is -2.18. The van der Waals surface area contributed by atoms with E-state index in [1.54, 1.807) is 36.4 Å². The highest BCUT2D eigenvalue weighted by atomic mass is 79.9. The molecule has 0 aliphatic rings. The molecular weight excluding hydrogens is 342 g/mol. The van der Waals surface area contributed by atoms with Gasteiger partial charge in [-0.15, -0.1) is 0 Å². The zero-order chi connectivity index (χ0) is 14.6. The first-order valence-corrected chi connectivity index (χ1v) is 8.48. The Hall–Kier alpha value is -1.53. The van der Waals surface area contributed by atoms with Crippen LogP contribution >= 0.6 is 15.9 Å². The van der Waals surface area contributed by atoms with Gasteiger partial charge in [0.15, 0.2) is 15.6 Å². The monoisotopic (exact) mass is 353 g/mol. The molecule has 0 fully saturated rings. The molecule has 6 heteroatoms. The van der Waals surface area contributed by atoms with Gasteiger partial charge < -0.3 is 0 Å². The van der Waals surface area contributed by atoms with Crippen molar-refractivity contribution in [3.63, 3.8) is 0 Å². The first-order valence-electron chi connectivity index (χ1n) is 5.86. The van der Waals surface area contributed by atoms with Crippen LogP contribution in [0.3, 0.4) is 0 Å². The van der Waals surface area contributed by atoms with E-state index in [9.17, 15) is 13.2 Å². The summed E-state index contributed by atoms with van der Waals surface area (Å²) in [4.78, 5) is 15.9. The van der Waals surface area contributed by atoms with Gasteiger partial charge in [0.25, 0.3) is 0 Å². The van der Waals surface area contributed by atoms with Crippen LogP contribution < -0.4 is 0 Å². The predicted octanol–water partition coefficient (Wildman–Crippen LogP) is 2.64. The molecule has 0 bridgehead atoms. The van der Waals surface area contributed by atoms with Gasteiger partial charge in [0.05, 0.1) is 5.75 Å². The van der Waals surface area contributed by atoms with E-state index in [4.69, 9.17) is 0 Å². The van der Waals surface area contributed by atoms with Crippen LogP contribution in [0.25, 0.3) is 0 Å². The number of sulfone groups is 1. The minimum absolute atomic E-state index is 0.145. The minimum Gasteiger partial charge on any atom is -0.291 e. The second-order valence-corrected chi connectivity index (χ2v) is 7.16. The molecule has 1 aromatic heterocycles. The van der Waals surface area contributed by atoms with Gasteiger partial charge >= 0.3 is 0 Å². The highest BCUT2D eigenvalue weighted by Crippen LogP contribution is 2.10. The summed E-state index contributed by atoms with van der Waals surface area (Å²) in [5.74, 6) is -1.18. The lowest BCUT2D eigenvalue weighted by atomic mass is 10.2.